The van der Waals surface area contributed by atoms with Crippen LogP contribution < -0.4 is 5.32 Å². The van der Waals surface area contributed by atoms with Crippen LogP contribution in [0.25, 0.3) is 0 Å². The van der Waals surface area contributed by atoms with Crippen molar-refractivity contribution >= 4 is 17.5 Å². The molecule has 0 aromatic heterocycles. The number of aliphatic imine (C=N–C) groups is 1. The Morgan fingerprint density at radius 2 is 2.19 bits per heavy atom. The average Bonchev–Trinajstić information content (AvgIpc) is 3.24. The van der Waals surface area contributed by atoms with Crippen LogP contribution in [0.4, 0.5) is 4.39 Å². The number of fused-ring (bicyclic) bond motifs is 2. The van der Waals surface area contributed by atoms with E-state index in [2.05, 4.69) is 15.2 Å². The first-order valence-corrected chi connectivity index (χ1v) is 11.3. The van der Waals surface area contributed by atoms with Crippen molar-refractivity contribution in [3.63, 3.8) is 0 Å². The van der Waals surface area contributed by atoms with Crippen LogP contribution in [0.5, 0.6) is 0 Å². The third-order valence-corrected chi connectivity index (χ3v) is 7.08. The van der Waals surface area contributed by atoms with E-state index in [-0.39, 0.29) is 33.4 Å². The molecule has 170 valence electrons. The first kappa shape index (κ1) is 20.6. The highest BCUT2D eigenvalue weighted by atomic mass is 19.1. The summed E-state index contributed by atoms with van der Waals surface area (Å²) in [6, 6.07) is 0.590. The summed E-state index contributed by atoms with van der Waals surface area (Å²) in [7, 11) is 0. The number of rotatable bonds is 3. The molecule has 4 atom stereocenters. The number of carbonyl (C=O) groups is 2. The second-order valence-electron chi connectivity index (χ2n) is 9.13. The second kappa shape index (κ2) is 8.31. The van der Waals surface area contributed by atoms with Crippen molar-refractivity contribution in [1.82, 2.24) is 15.1 Å². The predicted molar refractivity (Wildman–Crippen MR) is 119 cm³/mol. The van der Waals surface area contributed by atoms with E-state index in [1.165, 1.54) is 6.08 Å². The van der Waals surface area contributed by atoms with E-state index in [0.717, 1.165) is 50.9 Å². The quantitative estimate of drug-likeness (QED) is 0.741. The number of allylic oxidation sites excluding steroid dienone is 4. The molecule has 7 nitrogen and oxygen atoms in total. The molecule has 2 aliphatic carbocycles. The number of alkyl halides is 1. The molecule has 3 aliphatic heterocycles. The largest absolute Gasteiger partial charge is 0.369 e. The molecule has 5 rings (SSSR count). The number of amides is 2. The number of ether oxygens (including phenoxy) is 1. The van der Waals surface area contributed by atoms with Gasteiger partial charge in [-0.15, -0.1) is 0 Å². The Bertz CT molecular complexity index is 919. The van der Waals surface area contributed by atoms with Gasteiger partial charge in [-0.3, -0.25) is 14.5 Å². The third kappa shape index (κ3) is 3.99. The molecule has 0 aromatic rings. The molecule has 1 N–H and O–H groups in total. The number of morpholine rings is 1. The standard InChI is InChI=1S/C23H29FN4O3.2H2/c1-14-5-6-19(24)18-10-20(26-22(14)18)23(30)25-15-3-2-4-16(9-15)27-7-8-28-17(11-27)12-31-13-21(28)29;;/h5-6,10,15-17,19H,2-4,7-9,11-13H2,1H3,(H,25,30);2*1H/t15-,16+,17-,19?;;/m1../s1. The molecule has 0 radical (unpaired) electrons. The fraction of sp³-hybridized carbons (Fsp3) is 0.609. The highest BCUT2D eigenvalue weighted by molar-refractivity contribution is 6.44. The molecule has 3 fully saturated rings. The normalized spacial score (nSPS) is 33.6. The summed E-state index contributed by atoms with van der Waals surface area (Å²) < 4.78 is 19.6. The van der Waals surface area contributed by atoms with Crippen molar-refractivity contribution in [2.45, 2.75) is 56.9 Å². The molecule has 1 unspecified atom stereocenters. The topological polar surface area (TPSA) is 74.2 Å². The van der Waals surface area contributed by atoms with Gasteiger partial charge in [0.1, 0.15) is 18.5 Å². The van der Waals surface area contributed by atoms with Crippen LogP contribution in [-0.4, -0.2) is 84.5 Å². The van der Waals surface area contributed by atoms with Crippen LogP contribution >= 0.6 is 0 Å². The maximum absolute atomic E-state index is 14.2. The van der Waals surface area contributed by atoms with Gasteiger partial charge in [0, 0.05) is 40.1 Å². The highest BCUT2D eigenvalue weighted by Gasteiger charge is 2.38. The molecular formula is C23H33FN4O3. The fourth-order valence-electron chi connectivity index (χ4n) is 5.42. The van der Waals surface area contributed by atoms with Gasteiger partial charge < -0.3 is 15.0 Å². The number of halogens is 1. The second-order valence-corrected chi connectivity index (χ2v) is 9.13. The van der Waals surface area contributed by atoms with Crippen molar-refractivity contribution in [1.29, 1.82) is 0 Å². The summed E-state index contributed by atoms with van der Waals surface area (Å²) >= 11 is 0. The Labute approximate surface area is 184 Å². The molecule has 0 bridgehead atoms. The average molecular weight is 433 g/mol. The maximum atomic E-state index is 14.2. The minimum atomic E-state index is -1.21. The van der Waals surface area contributed by atoms with E-state index in [9.17, 15) is 14.0 Å². The fourth-order valence-corrected chi connectivity index (χ4v) is 5.42. The van der Waals surface area contributed by atoms with Gasteiger partial charge in [-0.1, -0.05) is 6.08 Å². The van der Waals surface area contributed by atoms with Crippen molar-refractivity contribution in [3.8, 4) is 0 Å². The van der Waals surface area contributed by atoms with Crippen LogP contribution in [0.15, 0.2) is 40.1 Å². The number of nitrogens with zero attached hydrogens (tertiary/aromatic N) is 3. The van der Waals surface area contributed by atoms with E-state index in [4.69, 9.17) is 4.74 Å². The van der Waals surface area contributed by atoms with Crippen LogP contribution in [-0.2, 0) is 14.3 Å². The third-order valence-electron chi connectivity index (χ3n) is 7.08. The molecule has 5 aliphatic rings. The van der Waals surface area contributed by atoms with Gasteiger partial charge >= 0.3 is 0 Å². The number of piperazine rings is 1. The molecule has 3 heterocycles. The van der Waals surface area contributed by atoms with Crippen molar-refractivity contribution in [2.24, 2.45) is 4.99 Å². The van der Waals surface area contributed by atoms with Crippen LogP contribution in [0, 0.1) is 0 Å². The molecule has 0 aromatic carbocycles. The van der Waals surface area contributed by atoms with Crippen molar-refractivity contribution in [2.75, 3.05) is 32.8 Å². The molecule has 31 heavy (non-hydrogen) atoms. The minimum Gasteiger partial charge on any atom is -0.369 e. The smallest absolute Gasteiger partial charge is 0.270 e. The molecular weight excluding hydrogens is 399 g/mol. The summed E-state index contributed by atoms with van der Waals surface area (Å²) in [5, 5.41) is 3.14. The zero-order chi connectivity index (χ0) is 21.5. The van der Waals surface area contributed by atoms with Crippen molar-refractivity contribution in [3.05, 3.63) is 35.1 Å². The van der Waals surface area contributed by atoms with Gasteiger partial charge in [0.2, 0.25) is 5.91 Å². The first-order chi connectivity index (χ1) is 15.0. The number of nitrogens with one attached hydrogen (secondary N) is 1. The lowest BCUT2D eigenvalue weighted by Crippen LogP contribution is -2.62. The summed E-state index contributed by atoms with van der Waals surface area (Å²) in [6.45, 7) is 5.12. The summed E-state index contributed by atoms with van der Waals surface area (Å²) in [5.41, 5.74) is 2.24. The minimum absolute atomic E-state index is 0. The van der Waals surface area contributed by atoms with Gasteiger partial charge in [-0.2, -0.15) is 0 Å². The molecule has 8 heteroatoms. The van der Waals surface area contributed by atoms with Crippen LogP contribution in [0.1, 0.15) is 35.5 Å². The van der Waals surface area contributed by atoms with Gasteiger partial charge in [0.25, 0.3) is 5.91 Å². The maximum Gasteiger partial charge on any atom is 0.270 e. The van der Waals surface area contributed by atoms with Crippen molar-refractivity contribution < 1.29 is 21.6 Å². The van der Waals surface area contributed by atoms with E-state index < -0.39 is 6.17 Å². The van der Waals surface area contributed by atoms with Gasteiger partial charge in [0.05, 0.1) is 18.3 Å². The molecule has 0 spiro atoms. The lowest BCUT2D eigenvalue weighted by molar-refractivity contribution is -0.153. The number of hydrogen-bond donors (Lipinski definition) is 1. The first-order valence-electron chi connectivity index (χ1n) is 11.3. The van der Waals surface area contributed by atoms with Crippen LogP contribution in [0.3, 0.4) is 0 Å². The lowest BCUT2D eigenvalue weighted by atomic mass is 9.89. The Balaban J connectivity index is 0.00000153. The lowest BCUT2D eigenvalue weighted by Gasteiger charge is -2.47. The number of hydrogen-bond acceptors (Lipinski definition) is 5. The van der Waals surface area contributed by atoms with Gasteiger partial charge in [-0.25, -0.2) is 9.38 Å². The Kier molecular flexibility index (Phi) is 5.52. The summed E-state index contributed by atoms with van der Waals surface area (Å²) in [4.78, 5) is 33.7. The Hall–Kier alpha value is -2.32. The van der Waals surface area contributed by atoms with E-state index in [1.54, 1.807) is 12.2 Å². The van der Waals surface area contributed by atoms with Gasteiger partial charge in [0.15, 0.2) is 0 Å². The molecule has 1 saturated carbocycles. The number of carbonyl (C=O) groups excluding carboxylic acids is 2. The van der Waals surface area contributed by atoms with Gasteiger partial charge in [-0.05, 0) is 50.3 Å². The molecule has 2 saturated heterocycles. The zero-order valence-corrected chi connectivity index (χ0v) is 17.8. The van der Waals surface area contributed by atoms with E-state index >= 15 is 0 Å². The zero-order valence-electron chi connectivity index (χ0n) is 17.8. The Morgan fingerprint density at radius 1 is 1.32 bits per heavy atom. The summed E-state index contributed by atoms with van der Waals surface area (Å²) in [5.74, 6) is -0.135. The van der Waals surface area contributed by atoms with Crippen LogP contribution in [0.2, 0.25) is 0 Å². The van der Waals surface area contributed by atoms with E-state index in [1.807, 2.05) is 11.8 Å². The SMILES string of the molecule is CC1=C2N=C(C(=O)N[C@@H]3CCC[C@H](N4CCN5C(=O)COC[C@H]5C4)C3)C=C2C(F)C=C1.[HH].[HH]. The summed E-state index contributed by atoms with van der Waals surface area (Å²) in [6.07, 6.45) is 7.56. The predicted octanol–water partition coefficient (Wildman–Crippen LogP) is 2.01. The highest BCUT2D eigenvalue weighted by Crippen LogP contribution is 2.32. The monoisotopic (exact) mass is 432 g/mol. The van der Waals surface area contributed by atoms with E-state index in [0.29, 0.717) is 29.6 Å². The molecule has 2 amide bonds. The Morgan fingerprint density at radius 3 is 3.03 bits per heavy atom.